The Labute approximate surface area is 486 Å². The number of halogens is 10. The minimum absolute atomic E-state index is 0.0187. The summed E-state index contributed by atoms with van der Waals surface area (Å²) in [6.07, 6.45) is -14.1. The standard InChI is InChI=1S/C69H44F9IN2S2/c1-65(2)47-19-3-5-21-49(47)66(50-22-6-4-20-48(50)65)54-37-39(80(57-27-9-7-23-51(57)67(70,71)72)59-29-13-17-45-43-15-11-24-52(68(73,74)75)61(43)82-63(45)59)31-33-41(54)42-34-32-40(38-55(42)66)81(58-28-10-8-26-56(58)79-35-36-79)60-30-14-18-46-44-16-12-25-53(69(76,77)78)62(44)83-64(46)60/h3-34,37-38H,35-36H2,1-2H3. The number of hydrogen-bond donors (Lipinski definition) is 0. The molecule has 0 N–H and O–H groups in total. The molecule has 1 fully saturated rings. The van der Waals surface area contributed by atoms with Crippen LogP contribution in [-0.4, -0.2) is 8.86 Å². The number of alkyl halides is 11. The van der Waals surface area contributed by atoms with Crippen molar-refractivity contribution in [2.45, 2.75) is 43.2 Å². The van der Waals surface area contributed by atoms with Crippen LogP contribution in [0.4, 0.5) is 73.6 Å². The van der Waals surface area contributed by atoms with Crippen LogP contribution in [0, 0.1) is 3.57 Å². The number of para-hydroxylation sites is 2. The predicted molar refractivity (Wildman–Crippen MR) is 328 cm³/mol. The SMILES string of the molecule is CC1(C)c2ccccc2C2(c3cc(N(c4ccccc4I4CC4)c4cccc5c4sc4c(C(F)(F)F)cccc45)ccc3-c3ccc(N(c4ccccc4C(F)(F)F)c4cccc5c4sc4c(C(F)(F)F)cccc45)cc32)c2ccccc21. The van der Waals surface area contributed by atoms with Gasteiger partial charge in [0.2, 0.25) is 0 Å². The van der Waals surface area contributed by atoms with Gasteiger partial charge in [-0.3, -0.25) is 0 Å². The van der Waals surface area contributed by atoms with Crippen molar-refractivity contribution in [3.05, 3.63) is 260 Å². The molecule has 2 aliphatic carbocycles. The zero-order chi connectivity index (χ0) is 57.1. The number of thiophene rings is 2. The quantitative estimate of drug-likeness (QED) is 0.0891. The van der Waals surface area contributed by atoms with Crippen molar-refractivity contribution >= 4 is 117 Å². The first-order valence-corrected chi connectivity index (χ1v) is 32.6. The third kappa shape index (κ3) is 7.80. The van der Waals surface area contributed by atoms with Crippen LogP contribution in [0.1, 0.15) is 63.9 Å². The van der Waals surface area contributed by atoms with E-state index in [2.05, 4.69) is 79.4 Å². The van der Waals surface area contributed by atoms with Gasteiger partial charge in [0.25, 0.3) is 0 Å². The summed E-state index contributed by atoms with van der Waals surface area (Å²) in [5, 5.41) is 2.04. The maximum atomic E-state index is 15.6. The van der Waals surface area contributed by atoms with Gasteiger partial charge in [0.15, 0.2) is 0 Å². The monoisotopic (exact) mass is 1260 g/mol. The van der Waals surface area contributed by atoms with E-state index in [0.29, 0.717) is 36.6 Å². The van der Waals surface area contributed by atoms with Crippen molar-refractivity contribution < 1.29 is 39.5 Å². The van der Waals surface area contributed by atoms with Crippen LogP contribution in [0.2, 0.25) is 0 Å². The number of hydrogen-bond acceptors (Lipinski definition) is 4. The number of benzene rings is 10. The molecule has 2 nitrogen and oxygen atoms in total. The molecule has 0 amide bonds. The van der Waals surface area contributed by atoms with Crippen LogP contribution >= 0.6 is 42.5 Å². The molecule has 1 spiro atoms. The zero-order valence-electron chi connectivity index (χ0n) is 44.0. The summed E-state index contributed by atoms with van der Waals surface area (Å²) in [6, 6.07) is 61.7. The number of anilines is 6. The van der Waals surface area contributed by atoms with E-state index in [1.807, 2.05) is 60.7 Å². The van der Waals surface area contributed by atoms with E-state index in [4.69, 9.17) is 0 Å². The van der Waals surface area contributed by atoms with Gasteiger partial charge < -0.3 is 0 Å². The predicted octanol–water partition coefficient (Wildman–Crippen LogP) is 22.1. The Balaban J connectivity index is 1.03. The van der Waals surface area contributed by atoms with E-state index in [1.165, 1.54) is 33.9 Å². The second-order valence-electron chi connectivity index (χ2n) is 21.8. The third-order valence-corrected chi connectivity index (χ3v) is 24.2. The molecule has 14 heteroatoms. The average molecular weight is 1260 g/mol. The summed E-state index contributed by atoms with van der Waals surface area (Å²) in [7, 11) is 0. The van der Waals surface area contributed by atoms with Gasteiger partial charge in [-0.1, -0.05) is 36.4 Å². The van der Waals surface area contributed by atoms with Gasteiger partial charge in [-0.15, -0.1) is 11.3 Å². The molecule has 412 valence electrons. The summed E-state index contributed by atoms with van der Waals surface area (Å²) in [5.41, 5.74) is 6.22. The van der Waals surface area contributed by atoms with Gasteiger partial charge in [0.1, 0.15) is 0 Å². The summed E-state index contributed by atoms with van der Waals surface area (Å²) < 4.78 is 140. The van der Waals surface area contributed by atoms with Gasteiger partial charge in [-0.05, 0) is 24.3 Å². The van der Waals surface area contributed by atoms with Crippen molar-refractivity contribution in [2.75, 3.05) is 18.7 Å². The number of rotatable bonds is 7. The van der Waals surface area contributed by atoms with Gasteiger partial charge in [0, 0.05) is 15.5 Å². The molecule has 1 saturated heterocycles. The zero-order valence-corrected chi connectivity index (χ0v) is 47.8. The molecular formula is C69H44F9IN2S2. The molecule has 1 aliphatic heterocycles. The first-order chi connectivity index (χ1) is 39.8. The van der Waals surface area contributed by atoms with Crippen LogP contribution in [0.15, 0.2) is 206 Å². The summed E-state index contributed by atoms with van der Waals surface area (Å²) in [4.78, 5) is 3.78. The molecule has 2 aromatic heterocycles. The van der Waals surface area contributed by atoms with Gasteiger partial charge in [-0.25, -0.2) is 0 Å². The van der Waals surface area contributed by atoms with E-state index in [-0.39, 0.29) is 20.8 Å². The van der Waals surface area contributed by atoms with E-state index in [1.54, 1.807) is 41.3 Å². The van der Waals surface area contributed by atoms with Crippen LogP contribution in [0.25, 0.3) is 51.5 Å². The van der Waals surface area contributed by atoms with Gasteiger partial charge in [0.05, 0.1) is 15.8 Å². The molecule has 0 bridgehead atoms. The van der Waals surface area contributed by atoms with Crippen LogP contribution in [0.3, 0.4) is 0 Å². The molecule has 15 rings (SSSR count). The topological polar surface area (TPSA) is 6.48 Å². The van der Waals surface area contributed by atoms with Crippen molar-refractivity contribution in [1.29, 1.82) is 0 Å². The fourth-order valence-electron chi connectivity index (χ4n) is 13.4. The maximum absolute atomic E-state index is 15.6. The molecular weight excluding hydrogens is 1220 g/mol. The van der Waals surface area contributed by atoms with Gasteiger partial charge >= 0.3 is 360 Å². The summed E-state index contributed by atoms with van der Waals surface area (Å²) >= 11 is 0.459. The van der Waals surface area contributed by atoms with Crippen molar-refractivity contribution in [2.24, 2.45) is 0 Å². The van der Waals surface area contributed by atoms with Crippen molar-refractivity contribution in [3.63, 3.8) is 0 Å². The molecule has 0 atom stereocenters. The van der Waals surface area contributed by atoms with E-state index < -0.39 is 65.9 Å². The molecule has 0 radical (unpaired) electrons. The normalized spacial score (nSPS) is 15.4. The molecule has 12 aromatic rings. The Bertz CT molecular complexity index is 4630. The van der Waals surface area contributed by atoms with Crippen LogP contribution in [0.5, 0.6) is 0 Å². The molecule has 83 heavy (non-hydrogen) atoms. The first-order valence-electron chi connectivity index (χ1n) is 26.8. The van der Waals surface area contributed by atoms with E-state index >= 15 is 13.2 Å². The minimum atomic E-state index is -4.84. The van der Waals surface area contributed by atoms with E-state index in [9.17, 15) is 26.3 Å². The Morgan fingerprint density at radius 3 is 1.20 bits per heavy atom. The molecule has 0 unspecified atom stereocenters. The summed E-state index contributed by atoms with van der Waals surface area (Å²) in [6.45, 7) is 4.40. The molecule has 3 heterocycles. The van der Waals surface area contributed by atoms with E-state index in [0.717, 1.165) is 111 Å². The van der Waals surface area contributed by atoms with Gasteiger partial charge in [-0.2, -0.15) is 26.3 Å². The fourth-order valence-corrected chi connectivity index (χ4v) is 20.7. The second-order valence-corrected chi connectivity index (χ2v) is 29.7. The molecule has 0 saturated carbocycles. The fraction of sp³-hybridized carbons (Fsp3) is 0.130. The van der Waals surface area contributed by atoms with Crippen molar-refractivity contribution in [3.8, 4) is 11.1 Å². The molecule has 10 aromatic carbocycles. The Morgan fingerprint density at radius 1 is 0.361 bits per heavy atom. The third-order valence-electron chi connectivity index (χ3n) is 16.9. The Kier molecular flexibility index (Phi) is 11.6. The molecule has 3 aliphatic rings. The van der Waals surface area contributed by atoms with Crippen molar-refractivity contribution in [1.82, 2.24) is 0 Å². The number of fused-ring (bicyclic) bond motifs is 15. The second kappa shape index (κ2) is 18.4. The number of nitrogens with zero attached hydrogens (tertiary/aromatic N) is 2. The average Bonchev–Trinajstić information content (AvgIpc) is 1.65. The first kappa shape index (κ1) is 52.2. The Morgan fingerprint density at radius 2 is 0.735 bits per heavy atom. The van der Waals surface area contributed by atoms with Crippen LogP contribution < -0.4 is 9.80 Å². The summed E-state index contributed by atoms with van der Waals surface area (Å²) in [5.74, 6) is 0. The Hall–Kier alpha value is -7.66. The van der Waals surface area contributed by atoms with Crippen LogP contribution in [-0.2, 0) is 29.4 Å².